The van der Waals surface area contributed by atoms with Gasteiger partial charge in [0.05, 0.1) is 29.5 Å². The summed E-state index contributed by atoms with van der Waals surface area (Å²) in [6, 6.07) is 0. The van der Waals surface area contributed by atoms with Gasteiger partial charge >= 0.3 is 0 Å². The first kappa shape index (κ1) is 22.5. The molecule has 0 bridgehead atoms. The lowest BCUT2D eigenvalue weighted by atomic mass is 9.47. The second kappa shape index (κ2) is 7.60. The Kier molecular flexibility index (Phi) is 5.34. The molecule has 4 nitrogen and oxygen atoms in total. The van der Waals surface area contributed by atoms with Crippen LogP contribution in [0, 0.1) is 59.2 Å². The molecule has 0 saturated heterocycles. The molecule has 0 radical (unpaired) electrons. The minimum absolute atomic E-state index is 0.200. The molecule has 32 heavy (non-hydrogen) atoms. The summed E-state index contributed by atoms with van der Waals surface area (Å²) in [5.74, 6) is 7.16. The highest BCUT2D eigenvalue weighted by Gasteiger charge is 2.61. The van der Waals surface area contributed by atoms with Crippen molar-refractivity contribution in [2.45, 2.75) is 96.8 Å². The van der Waals surface area contributed by atoms with Gasteiger partial charge < -0.3 is 10.2 Å². The lowest BCUT2D eigenvalue weighted by Gasteiger charge is -2.58. The van der Waals surface area contributed by atoms with Crippen molar-refractivity contribution in [2.75, 3.05) is 0 Å². The summed E-state index contributed by atoms with van der Waals surface area (Å²) < 4.78 is 1.83. The van der Waals surface area contributed by atoms with Crippen LogP contribution in [0.15, 0.2) is 12.4 Å². The van der Waals surface area contributed by atoms with Crippen molar-refractivity contribution in [3.63, 3.8) is 0 Å². The van der Waals surface area contributed by atoms with Crippen LogP contribution in [0.1, 0.15) is 84.6 Å². The predicted octanol–water partition coefficient (Wildman–Crippen LogP) is 4.88. The summed E-state index contributed by atoms with van der Waals surface area (Å²) >= 11 is 0. The molecular weight excluding hydrogens is 396 g/mol. The maximum absolute atomic E-state index is 11.7. The van der Waals surface area contributed by atoms with E-state index in [1.165, 1.54) is 38.5 Å². The zero-order chi connectivity index (χ0) is 22.9. The average Bonchev–Trinajstić information content (AvgIpc) is 3.32. The van der Waals surface area contributed by atoms with Crippen molar-refractivity contribution in [1.29, 1.82) is 0 Å². The summed E-state index contributed by atoms with van der Waals surface area (Å²) in [6.45, 7) is 9.34. The topological polar surface area (TPSA) is 58.3 Å². The quantitative estimate of drug-likeness (QED) is 0.661. The van der Waals surface area contributed by atoms with Crippen LogP contribution in [0.5, 0.6) is 0 Å². The van der Waals surface area contributed by atoms with E-state index < -0.39 is 11.2 Å². The van der Waals surface area contributed by atoms with E-state index in [-0.39, 0.29) is 5.41 Å². The summed E-state index contributed by atoms with van der Waals surface area (Å²) in [5, 5.41) is 27.0. The van der Waals surface area contributed by atoms with Crippen LogP contribution in [0.2, 0.25) is 0 Å². The van der Waals surface area contributed by atoms with Crippen molar-refractivity contribution in [3.8, 4) is 12.3 Å². The molecule has 176 valence electrons. The Morgan fingerprint density at radius 2 is 1.97 bits per heavy atom. The zero-order valence-electron chi connectivity index (χ0n) is 20.4. The maximum atomic E-state index is 11.7. The van der Waals surface area contributed by atoms with Gasteiger partial charge in [0.25, 0.3) is 0 Å². The lowest BCUT2D eigenvalue weighted by Crippen LogP contribution is -2.54. The van der Waals surface area contributed by atoms with Gasteiger partial charge in [-0.25, -0.2) is 0 Å². The van der Waals surface area contributed by atoms with E-state index in [9.17, 15) is 10.2 Å². The second-order valence-corrected chi connectivity index (χ2v) is 12.7. The first-order valence-electron chi connectivity index (χ1n) is 13.0. The molecular formula is C28H42N2O2. The van der Waals surface area contributed by atoms with Gasteiger partial charge in [0.2, 0.25) is 0 Å². The summed E-state index contributed by atoms with van der Waals surface area (Å²) in [7, 11) is 0. The van der Waals surface area contributed by atoms with E-state index in [1.54, 1.807) is 6.20 Å². The minimum atomic E-state index is -0.788. The van der Waals surface area contributed by atoms with Crippen molar-refractivity contribution in [3.05, 3.63) is 18.0 Å². The van der Waals surface area contributed by atoms with Crippen LogP contribution in [0.25, 0.3) is 0 Å². The third-order valence-electron chi connectivity index (χ3n) is 10.9. The van der Waals surface area contributed by atoms with Gasteiger partial charge in [-0.2, -0.15) is 5.10 Å². The molecule has 4 saturated carbocycles. The Morgan fingerprint density at radius 1 is 1.19 bits per heavy atom. The Bertz CT molecular complexity index is 895. The smallest absolute Gasteiger partial charge is 0.0848 e. The summed E-state index contributed by atoms with van der Waals surface area (Å²) in [6.07, 6.45) is 18.8. The van der Waals surface area contributed by atoms with Gasteiger partial charge in [-0.3, -0.25) is 4.68 Å². The normalized spacial score (nSPS) is 47.6. The molecule has 1 aromatic heterocycles. The molecule has 1 aromatic rings. The van der Waals surface area contributed by atoms with Crippen molar-refractivity contribution < 1.29 is 10.2 Å². The zero-order valence-corrected chi connectivity index (χ0v) is 20.4. The molecule has 4 fully saturated rings. The van der Waals surface area contributed by atoms with E-state index in [2.05, 4.69) is 31.8 Å². The summed E-state index contributed by atoms with van der Waals surface area (Å²) in [4.78, 5) is 0. The third-order valence-corrected chi connectivity index (χ3v) is 10.9. The van der Waals surface area contributed by atoms with E-state index in [0.29, 0.717) is 24.3 Å². The number of aromatic nitrogens is 2. The van der Waals surface area contributed by atoms with Crippen LogP contribution in [0.3, 0.4) is 0 Å². The molecule has 1 heterocycles. The third kappa shape index (κ3) is 3.46. The van der Waals surface area contributed by atoms with E-state index >= 15 is 0 Å². The van der Waals surface area contributed by atoms with Gasteiger partial charge in [0.1, 0.15) is 0 Å². The Hall–Kier alpha value is -1.31. The van der Waals surface area contributed by atoms with Gasteiger partial charge in [-0.05, 0) is 112 Å². The van der Waals surface area contributed by atoms with Gasteiger partial charge in [-0.1, -0.05) is 19.8 Å². The van der Waals surface area contributed by atoms with Gasteiger partial charge in [0.15, 0.2) is 0 Å². The molecule has 2 N–H and O–H groups in total. The standard InChI is InChI=1S/C28H42N2O2/c1-6-19-15-29-30(16-19)17-28(5,32)25-10-9-24-22-8-7-20-14-27(4,31)18(2)13-23(20)21(22)11-12-26(24,25)3/h1,15-16,18,20-25,31-32H,7-14,17H2,2-5H3/t18-,20+,21-,22+,23-,24-,25-,26-,27-,28-/m0/s1. The molecule has 10 atom stereocenters. The molecule has 0 spiro atoms. The van der Waals surface area contributed by atoms with Crippen LogP contribution < -0.4 is 0 Å². The molecule has 0 amide bonds. The van der Waals surface area contributed by atoms with Crippen LogP contribution in [-0.2, 0) is 6.54 Å². The molecule has 0 unspecified atom stereocenters. The number of rotatable bonds is 3. The number of aliphatic hydroxyl groups is 2. The van der Waals surface area contributed by atoms with Crippen molar-refractivity contribution >= 4 is 0 Å². The monoisotopic (exact) mass is 438 g/mol. The Labute approximate surface area is 194 Å². The van der Waals surface area contributed by atoms with E-state index in [1.807, 2.05) is 17.8 Å². The highest BCUT2D eigenvalue weighted by molar-refractivity contribution is 5.26. The maximum Gasteiger partial charge on any atom is 0.0848 e. The first-order chi connectivity index (χ1) is 15.0. The predicted molar refractivity (Wildman–Crippen MR) is 127 cm³/mol. The highest BCUT2D eigenvalue weighted by atomic mass is 16.3. The highest BCUT2D eigenvalue weighted by Crippen LogP contribution is 2.66. The molecule has 0 aliphatic heterocycles. The van der Waals surface area contributed by atoms with Crippen LogP contribution >= 0.6 is 0 Å². The molecule has 4 aliphatic rings. The molecule has 0 aromatic carbocycles. The fourth-order valence-electron chi connectivity index (χ4n) is 9.23. The Balaban J connectivity index is 1.34. The van der Waals surface area contributed by atoms with Crippen LogP contribution in [-0.4, -0.2) is 31.2 Å². The average molecular weight is 439 g/mol. The number of hydrogen-bond acceptors (Lipinski definition) is 3. The van der Waals surface area contributed by atoms with Crippen molar-refractivity contribution in [1.82, 2.24) is 9.78 Å². The lowest BCUT2D eigenvalue weighted by molar-refractivity contribution is -0.138. The fraction of sp³-hybridized carbons (Fsp3) is 0.821. The largest absolute Gasteiger partial charge is 0.390 e. The SMILES string of the molecule is C#Cc1cnn(C[C@](C)(O)[C@H]2CC[C@H]3[C@@H]4CC[C@@H]5C[C@](C)(O)[C@@H](C)C[C@@H]5[C@H]4CC[C@@]32C)c1. The Morgan fingerprint density at radius 3 is 2.69 bits per heavy atom. The van der Waals surface area contributed by atoms with E-state index in [4.69, 9.17) is 6.42 Å². The van der Waals surface area contributed by atoms with Crippen molar-refractivity contribution in [2.24, 2.45) is 46.8 Å². The van der Waals surface area contributed by atoms with E-state index in [0.717, 1.165) is 42.1 Å². The molecule has 4 aliphatic carbocycles. The minimum Gasteiger partial charge on any atom is -0.390 e. The number of fused-ring (bicyclic) bond motifs is 5. The molecule has 5 rings (SSSR count). The second-order valence-electron chi connectivity index (χ2n) is 12.7. The van der Waals surface area contributed by atoms with Gasteiger partial charge in [-0.15, -0.1) is 6.42 Å². The fourth-order valence-corrected chi connectivity index (χ4v) is 9.23. The summed E-state index contributed by atoms with van der Waals surface area (Å²) in [5.41, 5.74) is -0.302. The number of terminal acetylenes is 1. The number of nitrogens with zero attached hydrogens (tertiary/aromatic N) is 2. The molecule has 4 heteroatoms. The van der Waals surface area contributed by atoms with Crippen LogP contribution in [0.4, 0.5) is 0 Å². The van der Waals surface area contributed by atoms with Gasteiger partial charge in [0, 0.05) is 6.20 Å². The first-order valence-corrected chi connectivity index (χ1v) is 13.0. The number of hydrogen-bond donors (Lipinski definition) is 2.